The third kappa shape index (κ3) is 3.02. The maximum atomic E-state index is 5.73. The summed E-state index contributed by atoms with van der Waals surface area (Å²) in [5, 5.41) is 13.6. The Bertz CT molecular complexity index is 510. The second-order valence-corrected chi connectivity index (χ2v) is 5.79. The molecular weight excluding hydrogens is 260 g/mol. The fourth-order valence-electron chi connectivity index (χ4n) is 2.44. The summed E-state index contributed by atoms with van der Waals surface area (Å²) >= 11 is 1.62. The van der Waals surface area contributed by atoms with Crippen LogP contribution in [0.1, 0.15) is 18.7 Å². The molecule has 6 heteroatoms. The molecule has 0 bridgehead atoms. The summed E-state index contributed by atoms with van der Waals surface area (Å²) in [6.07, 6.45) is 2.47. The Morgan fingerprint density at radius 2 is 2.47 bits per heavy atom. The van der Waals surface area contributed by atoms with E-state index in [1.54, 1.807) is 11.3 Å². The van der Waals surface area contributed by atoms with Gasteiger partial charge in [-0.2, -0.15) is 0 Å². The standard InChI is InChI=1S/C13H18N4OS/c1-14-10-4-2-6-17(8-10)9-12-15-16-13(18-12)11-5-3-7-19-11/h3,5,7,10,14H,2,4,6,8-9H2,1H3. The molecule has 1 fully saturated rings. The summed E-state index contributed by atoms with van der Waals surface area (Å²) in [6.45, 7) is 2.90. The van der Waals surface area contributed by atoms with Crippen LogP contribution < -0.4 is 5.32 Å². The second kappa shape index (κ2) is 5.81. The normalized spacial score (nSPS) is 20.8. The van der Waals surface area contributed by atoms with Crippen LogP contribution in [0.25, 0.3) is 10.8 Å². The smallest absolute Gasteiger partial charge is 0.257 e. The predicted octanol–water partition coefficient (Wildman–Crippen LogP) is 1.98. The summed E-state index contributed by atoms with van der Waals surface area (Å²) < 4.78 is 5.73. The fraction of sp³-hybridized carbons (Fsp3) is 0.538. The Morgan fingerprint density at radius 1 is 1.53 bits per heavy atom. The van der Waals surface area contributed by atoms with Crippen molar-refractivity contribution in [3.8, 4) is 10.8 Å². The molecule has 0 amide bonds. The molecule has 1 aliphatic rings. The van der Waals surface area contributed by atoms with Gasteiger partial charge >= 0.3 is 0 Å². The first-order valence-electron chi connectivity index (χ1n) is 6.61. The molecular formula is C13H18N4OS. The van der Waals surface area contributed by atoms with Gasteiger partial charge in [-0.05, 0) is 37.9 Å². The fourth-order valence-corrected chi connectivity index (χ4v) is 3.09. The Labute approximate surface area is 116 Å². The van der Waals surface area contributed by atoms with Gasteiger partial charge in [0, 0.05) is 12.6 Å². The largest absolute Gasteiger partial charge is 0.419 e. The van der Waals surface area contributed by atoms with Gasteiger partial charge in [-0.25, -0.2) is 0 Å². The molecule has 1 aliphatic heterocycles. The Kier molecular flexibility index (Phi) is 3.91. The lowest BCUT2D eigenvalue weighted by atomic mass is 10.1. The zero-order valence-corrected chi connectivity index (χ0v) is 11.8. The van der Waals surface area contributed by atoms with E-state index < -0.39 is 0 Å². The first-order chi connectivity index (χ1) is 9.35. The first-order valence-corrected chi connectivity index (χ1v) is 7.49. The van der Waals surface area contributed by atoms with Crippen molar-refractivity contribution in [2.75, 3.05) is 20.1 Å². The second-order valence-electron chi connectivity index (χ2n) is 4.84. The van der Waals surface area contributed by atoms with Crippen LogP contribution in [0.3, 0.4) is 0 Å². The van der Waals surface area contributed by atoms with Gasteiger partial charge in [-0.15, -0.1) is 21.5 Å². The van der Waals surface area contributed by atoms with E-state index in [2.05, 4.69) is 20.4 Å². The maximum absolute atomic E-state index is 5.73. The van der Waals surface area contributed by atoms with Crippen LogP contribution in [0.2, 0.25) is 0 Å². The zero-order valence-electron chi connectivity index (χ0n) is 11.0. The van der Waals surface area contributed by atoms with Gasteiger partial charge in [0.15, 0.2) is 0 Å². The predicted molar refractivity (Wildman–Crippen MR) is 75.0 cm³/mol. The minimum absolute atomic E-state index is 0.577. The van der Waals surface area contributed by atoms with Crippen molar-refractivity contribution in [2.45, 2.75) is 25.4 Å². The molecule has 102 valence electrons. The van der Waals surface area contributed by atoms with Gasteiger partial charge in [0.1, 0.15) is 0 Å². The van der Waals surface area contributed by atoms with Crippen molar-refractivity contribution >= 4 is 11.3 Å². The van der Waals surface area contributed by atoms with Crippen molar-refractivity contribution in [3.63, 3.8) is 0 Å². The number of nitrogens with zero attached hydrogens (tertiary/aromatic N) is 3. The number of thiophene rings is 1. The molecule has 0 spiro atoms. The Hall–Kier alpha value is -1.24. The van der Waals surface area contributed by atoms with E-state index in [1.807, 2.05) is 24.6 Å². The molecule has 5 nitrogen and oxygen atoms in total. The van der Waals surface area contributed by atoms with Crippen LogP contribution in [0.4, 0.5) is 0 Å². The summed E-state index contributed by atoms with van der Waals surface area (Å²) in [5.74, 6) is 1.34. The monoisotopic (exact) mass is 278 g/mol. The number of rotatable bonds is 4. The van der Waals surface area contributed by atoms with Crippen molar-refractivity contribution in [1.82, 2.24) is 20.4 Å². The van der Waals surface area contributed by atoms with E-state index in [9.17, 15) is 0 Å². The number of aromatic nitrogens is 2. The zero-order chi connectivity index (χ0) is 13.1. The molecule has 1 atom stereocenters. The summed E-state index contributed by atoms with van der Waals surface area (Å²) in [4.78, 5) is 3.40. The molecule has 0 aliphatic carbocycles. The van der Waals surface area contributed by atoms with E-state index in [-0.39, 0.29) is 0 Å². The molecule has 1 saturated heterocycles. The van der Waals surface area contributed by atoms with Gasteiger partial charge < -0.3 is 9.73 Å². The number of likely N-dealkylation sites (tertiary alicyclic amines) is 1. The molecule has 3 heterocycles. The number of piperidine rings is 1. The topological polar surface area (TPSA) is 54.2 Å². The van der Waals surface area contributed by atoms with Crippen LogP contribution >= 0.6 is 11.3 Å². The van der Waals surface area contributed by atoms with Gasteiger partial charge in [-0.3, -0.25) is 4.90 Å². The lowest BCUT2D eigenvalue weighted by molar-refractivity contribution is 0.173. The number of likely N-dealkylation sites (N-methyl/N-ethyl adjacent to an activating group) is 1. The first kappa shape index (κ1) is 12.8. The minimum atomic E-state index is 0.577. The average Bonchev–Trinajstić information content (AvgIpc) is 3.09. The average molecular weight is 278 g/mol. The van der Waals surface area contributed by atoms with E-state index in [4.69, 9.17) is 4.42 Å². The molecule has 3 rings (SSSR count). The summed E-state index contributed by atoms with van der Waals surface area (Å²) in [5.41, 5.74) is 0. The maximum Gasteiger partial charge on any atom is 0.257 e. The Balaban J connectivity index is 1.64. The van der Waals surface area contributed by atoms with E-state index >= 15 is 0 Å². The highest BCUT2D eigenvalue weighted by molar-refractivity contribution is 7.13. The van der Waals surface area contributed by atoms with Gasteiger partial charge in [-0.1, -0.05) is 6.07 Å². The third-order valence-electron chi connectivity index (χ3n) is 3.47. The van der Waals surface area contributed by atoms with E-state index in [0.29, 0.717) is 17.8 Å². The lowest BCUT2D eigenvalue weighted by Crippen LogP contribution is -2.43. The molecule has 1 N–H and O–H groups in total. The van der Waals surface area contributed by atoms with Gasteiger partial charge in [0.05, 0.1) is 11.4 Å². The van der Waals surface area contributed by atoms with Crippen LogP contribution in [0, 0.1) is 0 Å². The minimum Gasteiger partial charge on any atom is -0.419 e. The molecule has 2 aromatic heterocycles. The summed E-state index contributed by atoms with van der Waals surface area (Å²) in [7, 11) is 2.02. The number of nitrogens with one attached hydrogen (secondary N) is 1. The molecule has 1 unspecified atom stereocenters. The van der Waals surface area contributed by atoms with Crippen LogP contribution in [0.5, 0.6) is 0 Å². The van der Waals surface area contributed by atoms with Crippen LogP contribution in [-0.4, -0.2) is 41.3 Å². The highest BCUT2D eigenvalue weighted by Crippen LogP contribution is 2.23. The number of hydrogen-bond acceptors (Lipinski definition) is 6. The van der Waals surface area contributed by atoms with Gasteiger partial charge in [0.2, 0.25) is 5.89 Å². The van der Waals surface area contributed by atoms with Crippen LogP contribution in [-0.2, 0) is 6.54 Å². The molecule has 0 radical (unpaired) electrons. The summed E-state index contributed by atoms with van der Waals surface area (Å²) in [6, 6.07) is 4.57. The SMILES string of the molecule is CNC1CCCN(Cc2nnc(-c3cccs3)o2)C1. The van der Waals surface area contributed by atoms with Gasteiger partial charge in [0.25, 0.3) is 5.89 Å². The van der Waals surface area contributed by atoms with Crippen molar-refractivity contribution in [3.05, 3.63) is 23.4 Å². The highest BCUT2D eigenvalue weighted by atomic mass is 32.1. The van der Waals surface area contributed by atoms with Crippen molar-refractivity contribution in [2.24, 2.45) is 0 Å². The molecule has 0 saturated carbocycles. The van der Waals surface area contributed by atoms with E-state index in [0.717, 1.165) is 24.5 Å². The highest BCUT2D eigenvalue weighted by Gasteiger charge is 2.20. The van der Waals surface area contributed by atoms with Crippen LogP contribution in [0.15, 0.2) is 21.9 Å². The van der Waals surface area contributed by atoms with Crippen molar-refractivity contribution in [1.29, 1.82) is 0 Å². The Morgan fingerprint density at radius 3 is 3.26 bits per heavy atom. The molecule has 0 aromatic carbocycles. The molecule has 19 heavy (non-hydrogen) atoms. The third-order valence-corrected chi connectivity index (χ3v) is 4.33. The van der Waals surface area contributed by atoms with Crippen molar-refractivity contribution < 1.29 is 4.42 Å². The number of hydrogen-bond donors (Lipinski definition) is 1. The molecule has 2 aromatic rings. The van der Waals surface area contributed by atoms with E-state index in [1.165, 1.54) is 12.8 Å². The quantitative estimate of drug-likeness (QED) is 0.927. The lowest BCUT2D eigenvalue weighted by Gasteiger charge is -2.31.